The summed E-state index contributed by atoms with van der Waals surface area (Å²) in [5.74, 6) is -0.833. The van der Waals surface area contributed by atoms with Gasteiger partial charge in [0, 0.05) is 25.9 Å². The van der Waals surface area contributed by atoms with E-state index < -0.39 is 5.97 Å². The molecule has 0 unspecified atom stereocenters. The van der Waals surface area contributed by atoms with Gasteiger partial charge in [0.2, 0.25) is 0 Å². The first-order valence-electron chi connectivity index (χ1n) is 8.44. The molecule has 0 radical (unpaired) electrons. The molecule has 0 amide bonds. The summed E-state index contributed by atoms with van der Waals surface area (Å²) in [5.41, 5.74) is 1.51. The molecule has 3 heteroatoms. The fourth-order valence-corrected chi connectivity index (χ4v) is 2.23. The van der Waals surface area contributed by atoms with Gasteiger partial charge in [-0.3, -0.25) is 4.79 Å². The van der Waals surface area contributed by atoms with Crippen LogP contribution in [0.2, 0.25) is 0 Å². The first-order chi connectivity index (χ1) is 10.1. The molecule has 0 saturated carbocycles. The number of aromatic nitrogens is 1. The highest BCUT2D eigenvalue weighted by Crippen LogP contribution is 2.09. The zero-order chi connectivity index (χ0) is 15.9. The second kappa shape index (κ2) is 13.7. The third kappa shape index (κ3) is 13.5. The van der Waals surface area contributed by atoms with Crippen molar-refractivity contribution in [3.8, 4) is 0 Å². The number of hydrogen-bond acceptors (Lipinski definition) is 1. The van der Waals surface area contributed by atoms with Crippen LogP contribution in [-0.2, 0) is 17.8 Å². The molecule has 0 saturated heterocycles. The topological polar surface area (TPSA) is 42.2 Å². The van der Waals surface area contributed by atoms with Gasteiger partial charge in [-0.05, 0) is 30.9 Å². The van der Waals surface area contributed by atoms with Crippen molar-refractivity contribution in [2.24, 2.45) is 0 Å². The summed E-state index contributed by atoms with van der Waals surface area (Å²) in [6.07, 6.45) is 16.8. The molecule has 3 nitrogen and oxygen atoms in total. The molecule has 21 heavy (non-hydrogen) atoms. The van der Waals surface area contributed by atoms with E-state index in [0.29, 0.717) is 0 Å². The average Bonchev–Trinajstić information content (AvgIpc) is 2.87. The average molecular weight is 295 g/mol. The van der Waals surface area contributed by atoms with Crippen molar-refractivity contribution in [3.05, 3.63) is 24.0 Å². The zero-order valence-electron chi connectivity index (χ0n) is 14.1. The molecular formula is C18H33NO2. The molecule has 1 aromatic rings. The van der Waals surface area contributed by atoms with Crippen LogP contribution in [-0.4, -0.2) is 15.6 Å². The van der Waals surface area contributed by atoms with Crippen LogP contribution in [0.5, 0.6) is 0 Å². The van der Waals surface area contributed by atoms with Gasteiger partial charge in [-0.25, -0.2) is 0 Å². The van der Waals surface area contributed by atoms with Gasteiger partial charge < -0.3 is 9.67 Å². The van der Waals surface area contributed by atoms with Crippen molar-refractivity contribution in [1.29, 1.82) is 0 Å². The highest BCUT2D eigenvalue weighted by Gasteiger charge is 1.97. The summed E-state index contributed by atoms with van der Waals surface area (Å²) >= 11 is 0. The van der Waals surface area contributed by atoms with Gasteiger partial charge in [0.15, 0.2) is 0 Å². The normalized spacial score (nSPS) is 10.0. The summed E-state index contributed by atoms with van der Waals surface area (Å²) in [7, 11) is 0. The van der Waals surface area contributed by atoms with E-state index in [-0.39, 0.29) is 0 Å². The molecule has 0 aliphatic heterocycles. The van der Waals surface area contributed by atoms with E-state index in [9.17, 15) is 0 Å². The van der Waals surface area contributed by atoms with Crippen molar-refractivity contribution in [2.75, 3.05) is 0 Å². The summed E-state index contributed by atoms with van der Waals surface area (Å²) in [6.45, 7) is 6.82. The van der Waals surface area contributed by atoms with Gasteiger partial charge in [0.25, 0.3) is 5.97 Å². The number of carboxylic acids is 1. The monoisotopic (exact) mass is 295 g/mol. The van der Waals surface area contributed by atoms with Crippen molar-refractivity contribution in [1.82, 2.24) is 4.57 Å². The maximum atomic E-state index is 9.00. The Bertz CT molecular complexity index is 354. The molecule has 0 aromatic carbocycles. The predicted molar refractivity (Wildman–Crippen MR) is 89.7 cm³/mol. The first-order valence-corrected chi connectivity index (χ1v) is 8.44. The molecule has 1 aromatic heterocycles. The van der Waals surface area contributed by atoms with Gasteiger partial charge >= 0.3 is 0 Å². The van der Waals surface area contributed by atoms with Crippen molar-refractivity contribution < 1.29 is 9.90 Å². The lowest BCUT2D eigenvalue weighted by molar-refractivity contribution is -0.134. The molecule has 122 valence electrons. The Balaban J connectivity index is 0.000000885. The van der Waals surface area contributed by atoms with Crippen molar-refractivity contribution in [3.63, 3.8) is 0 Å². The van der Waals surface area contributed by atoms with Gasteiger partial charge in [-0.1, -0.05) is 52.4 Å². The number of aryl methyl sites for hydroxylation is 2. The number of carboxylic acid groups (broad SMARTS) is 1. The quantitative estimate of drug-likeness (QED) is 0.596. The van der Waals surface area contributed by atoms with Crippen molar-refractivity contribution in [2.45, 2.75) is 85.1 Å². The fraction of sp³-hybridized carbons (Fsp3) is 0.722. The Morgan fingerprint density at radius 1 is 1.05 bits per heavy atom. The second-order valence-corrected chi connectivity index (χ2v) is 5.65. The fourth-order valence-electron chi connectivity index (χ4n) is 2.23. The van der Waals surface area contributed by atoms with Crippen LogP contribution in [0.25, 0.3) is 0 Å². The minimum atomic E-state index is -0.833. The standard InChI is InChI=1S/C16H29N.C2H4O2/c1-3-5-7-8-9-10-13-17-14-12-16(15-17)11-6-4-2;1-2(3)4/h12,14-15H,3-11,13H2,1-2H3;1H3,(H,3,4). The van der Waals surface area contributed by atoms with E-state index in [0.717, 1.165) is 6.92 Å². The number of hydrogen-bond donors (Lipinski definition) is 1. The molecule has 1 heterocycles. The molecule has 0 aliphatic rings. The summed E-state index contributed by atoms with van der Waals surface area (Å²) in [5, 5.41) is 7.42. The molecule has 1 N–H and O–H groups in total. The SMILES string of the molecule is CC(=O)O.CCCCCCCCn1ccc(CCCC)c1. The number of aliphatic carboxylic acids is 1. The van der Waals surface area contributed by atoms with Crippen LogP contribution in [0.3, 0.4) is 0 Å². The maximum Gasteiger partial charge on any atom is 0.300 e. The molecule has 0 bridgehead atoms. The van der Waals surface area contributed by atoms with Crippen LogP contribution < -0.4 is 0 Å². The number of carbonyl (C=O) groups is 1. The molecule has 1 rings (SSSR count). The van der Waals surface area contributed by atoms with E-state index in [1.165, 1.54) is 69.9 Å². The van der Waals surface area contributed by atoms with Crippen LogP contribution in [0.4, 0.5) is 0 Å². The minimum absolute atomic E-state index is 0.833. The van der Waals surface area contributed by atoms with E-state index >= 15 is 0 Å². The lowest BCUT2D eigenvalue weighted by Gasteiger charge is -2.03. The third-order valence-corrected chi connectivity index (χ3v) is 3.40. The number of nitrogens with zero attached hydrogens (tertiary/aromatic N) is 1. The Labute approximate surface area is 130 Å². The number of unbranched alkanes of at least 4 members (excludes halogenated alkanes) is 6. The first kappa shape index (κ1) is 19.8. The van der Waals surface area contributed by atoms with Gasteiger partial charge in [0.1, 0.15) is 0 Å². The summed E-state index contributed by atoms with van der Waals surface area (Å²) < 4.78 is 2.37. The Morgan fingerprint density at radius 2 is 1.62 bits per heavy atom. The maximum absolute atomic E-state index is 9.00. The Hall–Kier alpha value is -1.25. The zero-order valence-corrected chi connectivity index (χ0v) is 14.1. The van der Waals surface area contributed by atoms with Gasteiger partial charge in [0.05, 0.1) is 0 Å². The molecule has 0 fully saturated rings. The summed E-state index contributed by atoms with van der Waals surface area (Å²) in [4.78, 5) is 9.00. The van der Waals surface area contributed by atoms with Gasteiger partial charge in [-0.2, -0.15) is 0 Å². The molecule has 0 atom stereocenters. The van der Waals surface area contributed by atoms with E-state index in [1.807, 2.05) is 0 Å². The lowest BCUT2D eigenvalue weighted by atomic mass is 10.1. The predicted octanol–water partition coefficient (Wildman–Crippen LogP) is 5.28. The molecule has 0 aliphatic carbocycles. The second-order valence-electron chi connectivity index (χ2n) is 5.65. The third-order valence-electron chi connectivity index (χ3n) is 3.40. The van der Waals surface area contributed by atoms with Crippen LogP contribution in [0.15, 0.2) is 18.5 Å². The largest absolute Gasteiger partial charge is 0.481 e. The molecule has 0 spiro atoms. The van der Waals surface area contributed by atoms with E-state index in [4.69, 9.17) is 9.90 Å². The van der Waals surface area contributed by atoms with Crippen LogP contribution in [0.1, 0.15) is 77.7 Å². The van der Waals surface area contributed by atoms with Gasteiger partial charge in [-0.15, -0.1) is 0 Å². The van der Waals surface area contributed by atoms with Crippen LogP contribution >= 0.6 is 0 Å². The van der Waals surface area contributed by atoms with Crippen LogP contribution in [0, 0.1) is 0 Å². The van der Waals surface area contributed by atoms with E-state index in [1.54, 1.807) is 0 Å². The lowest BCUT2D eigenvalue weighted by Crippen LogP contribution is -1.94. The van der Waals surface area contributed by atoms with Crippen molar-refractivity contribution >= 4 is 5.97 Å². The summed E-state index contributed by atoms with van der Waals surface area (Å²) in [6, 6.07) is 2.28. The highest BCUT2D eigenvalue weighted by atomic mass is 16.4. The molecular weight excluding hydrogens is 262 g/mol. The van der Waals surface area contributed by atoms with E-state index in [2.05, 4.69) is 36.9 Å². The highest BCUT2D eigenvalue weighted by molar-refractivity contribution is 5.62. The Morgan fingerprint density at radius 3 is 2.24 bits per heavy atom. The number of rotatable bonds is 10. The smallest absolute Gasteiger partial charge is 0.300 e. The minimum Gasteiger partial charge on any atom is -0.481 e. The Kier molecular flexibility index (Phi) is 12.9.